The number of benzene rings is 2. The molecular weight excluding hydrogens is 270 g/mol. The van der Waals surface area contributed by atoms with E-state index in [-0.39, 0.29) is 9.79 Å². The van der Waals surface area contributed by atoms with Gasteiger partial charge >= 0.3 is 0 Å². The zero-order valence-corrected chi connectivity index (χ0v) is 11.3. The minimum atomic E-state index is -3.93. The highest BCUT2D eigenvalue weighted by Crippen LogP contribution is 2.27. The topological polar surface area (TPSA) is 34.1 Å². The smallest absolute Gasteiger partial charge is 0.207 e. The lowest BCUT2D eigenvalue weighted by Crippen LogP contribution is -2.07. The van der Waals surface area contributed by atoms with Gasteiger partial charge in [0.1, 0.15) is 11.6 Å². The normalized spacial score (nSPS) is 11.6. The Morgan fingerprint density at radius 1 is 0.789 bits per heavy atom. The van der Waals surface area contributed by atoms with E-state index in [9.17, 15) is 17.2 Å². The Morgan fingerprint density at radius 3 is 1.53 bits per heavy atom. The summed E-state index contributed by atoms with van der Waals surface area (Å²) in [5, 5.41) is 0. The molecule has 0 aromatic heterocycles. The van der Waals surface area contributed by atoms with Gasteiger partial charge in [-0.15, -0.1) is 0 Å². The van der Waals surface area contributed by atoms with Gasteiger partial charge in [-0.05, 0) is 49.2 Å². The molecule has 0 spiro atoms. The molecule has 2 nitrogen and oxygen atoms in total. The van der Waals surface area contributed by atoms with Crippen LogP contribution in [0.5, 0.6) is 0 Å². The Hall–Kier alpha value is -1.75. The van der Waals surface area contributed by atoms with Crippen LogP contribution in [0.1, 0.15) is 11.1 Å². The van der Waals surface area contributed by atoms with E-state index in [1.54, 1.807) is 13.8 Å². The molecule has 0 aliphatic carbocycles. The molecule has 5 heteroatoms. The zero-order chi connectivity index (χ0) is 14.2. The lowest BCUT2D eigenvalue weighted by atomic mass is 10.2. The van der Waals surface area contributed by atoms with E-state index in [1.807, 2.05) is 0 Å². The molecule has 0 radical (unpaired) electrons. The predicted octanol–water partition coefficient (Wildman–Crippen LogP) is 3.41. The van der Waals surface area contributed by atoms with E-state index in [4.69, 9.17) is 0 Å². The Bertz CT molecular complexity index is 680. The van der Waals surface area contributed by atoms with E-state index in [0.717, 1.165) is 12.1 Å². The van der Waals surface area contributed by atoms with Crippen molar-refractivity contribution in [2.75, 3.05) is 0 Å². The van der Waals surface area contributed by atoms with Crippen molar-refractivity contribution in [2.45, 2.75) is 23.6 Å². The molecule has 2 rings (SSSR count). The summed E-state index contributed by atoms with van der Waals surface area (Å²) < 4.78 is 51.4. The second-order valence-electron chi connectivity index (χ2n) is 4.32. The molecule has 0 saturated heterocycles. The van der Waals surface area contributed by atoms with Gasteiger partial charge in [0.15, 0.2) is 0 Å². The summed E-state index contributed by atoms with van der Waals surface area (Å²) in [6.07, 6.45) is 0. The maximum Gasteiger partial charge on any atom is 0.207 e. The second-order valence-corrected chi connectivity index (χ2v) is 6.21. The molecule has 2 aromatic rings. The lowest BCUT2D eigenvalue weighted by Gasteiger charge is -2.10. The summed E-state index contributed by atoms with van der Waals surface area (Å²) >= 11 is 0. The van der Waals surface area contributed by atoms with Gasteiger partial charge in [0.05, 0.1) is 9.79 Å². The summed E-state index contributed by atoms with van der Waals surface area (Å²) in [5.74, 6) is -1.28. The average molecular weight is 282 g/mol. The third-order valence-electron chi connectivity index (χ3n) is 2.88. The van der Waals surface area contributed by atoms with E-state index in [1.165, 1.54) is 24.3 Å². The minimum Gasteiger partial charge on any atom is -0.218 e. The van der Waals surface area contributed by atoms with Crippen LogP contribution < -0.4 is 0 Å². The third kappa shape index (κ3) is 2.51. The van der Waals surface area contributed by atoms with E-state index in [0.29, 0.717) is 11.1 Å². The van der Waals surface area contributed by atoms with Crippen LogP contribution in [0.25, 0.3) is 0 Å². The van der Waals surface area contributed by atoms with Gasteiger partial charge in [0, 0.05) is 0 Å². The van der Waals surface area contributed by atoms with Crippen LogP contribution in [-0.4, -0.2) is 8.42 Å². The number of rotatable bonds is 2. The van der Waals surface area contributed by atoms with Crippen molar-refractivity contribution in [1.82, 2.24) is 0 Å². The van der Waals surface area contributed by atoms with Gasteiger partial charge in [-0.2, -0.15) is 0 Å². The Morgan fingerprint density at radius 2 is 1.16 bits per heavy atom. The molecule has 19 heavy (non-hydrogen) atoms. The van der Waals surface area contributed by atoms with Crippen LogP contribution in [0.3, 0.4) is 0 Å². The van der Waals surface area contributed by atoms with Crippen molar-refractivity contribution in [3.63, 3.8) is 0 Å². The van der Waals surface area contributed by atoms with Crippen LogP contribution in [-0.2, 0) is 9.84 Å². The first-order valence-corrected chi connectivity index (χ1v) is 7.08. The summed E-state index contributed by atoms with van der Waals surface area (Å²) in [7, 11) is -3.93. The summed E-state index contributed by atoms with van der Waals surface area (Å²) in [4.78, 5) is -0.276. The lowest BCUT2D eigenvalue weighted by molar-refractivity contribution is 0.585. The molecule has 100 valence electrons. The summed E-state index contributed by atoms with van der Waals surface area (Å²) in [5.41, 5.74) is 0.843. The van der Waals surface area contributed by atoms with Gasteiger partial charge in [-0.25, -0.2) is 17.2 Å². The highest BCUT2D eigenvalue weighted by molar-refractivity contribution is 7.91. The van der Waals surface area contributed by atoms with Crippen LogP contribution in [0.15, 0.2) is 46.2 Å². The van der Waals surface area contributed by atoms with Crippen LogP contribution >= 0.6 is 0 Å². The molecule has 0 N–H and O–H groups in total. The maximum absolute atomic E-state index is 13.2. The predicted molar refractivity (Wildman–Crippen MR) is 67.7 cm³/mol. The number of hydrogen-bond acceptors (Lipinski definition) is 2. The molecule has 0 aliphatic rings. The number of hydrogen-bond donors (Lipinski definition) is 0. The van der Waals surface area contributed by atoms with Crippen molar-refractivity contribution >= 4 is 9.84 Å². The van der Waals surface area contributed by atoms with E-state index < -0.39 is 21.5 Å². The largest absolute Gasteiger partial charge is 0.218 e. The molecular formula is C14H12F2O2S. The Labute approximate surface area is 110 Å². The monoisotopic (exact) mass is 282 g/mol. The van der Waals surface area contributed by atoms with Crippen molar-refractivity contribution in [3.05, 3.63) is 59.2 Å². The molecule has 0 fully saturated rings. The van der Waals surface area contributed by atoms with Crippen LogP contribution in [0, 0.1) is 25.5 Å². The fraction of sp³-hybridized carbons (Fsp3) is 0.143. The van der Waals surface area contributed by atoms with Crippen molar-refractivity contribution in [3.8, 4) is 0 Å². The molecule has 0 heterocycles. The Balaban J connectivity index is 2.72. The SMILES string of the molecule is Cc1ccc(F)cc1S(=O)(=O)c1cc(F)ccc1C. The van der Waals surface area contributed by atoms with E-state index >= 15 is 0 Å². The van der Waals surface area contributed by atoms with Crippen molar-refractivity contribution in [1.29, 1.82) is 0 Å². The third-order valence-corrected chi connectivity index (χ3v) is 4.92. The minimum absolute atomic E-state index is 0.138. The van der Waals surface area contributed by atoms with Gasteiger partial charge in [-0.1, -0.05) is 12.1 Å². The van der Waals surface area contributed by atoms with Gasteiger partial charge < -0.3 is 0 Å². The number of halogens is 2. The first-order valence-electron chi connectivity index (χ1n) is 5.60. The highest BCUT2D eigenvalue weighted by atomic mass is 32.2. The molecule has 0 bridgehead atoms. The quantitative estimate of drug-likeness (QED) is 0.846. The molecule has 0 unspecified atom stereocenters. The first-order chi connectivity index (χ1) is 8.82. The van der Waals surface area contributed by atoms with Crippen molar-refractivity contribution < 1.29 is 17.2 Å². The molecule has 2 aromatic carbocycles. The van der Waals surface area contributed by atoms with Crippen LogP contribution in [0.4, 0.5) is 8.78 Å². The highest BCUT2D eigenvalue weighted by Gasteiger charge is 2.23. The molecule has 0 atom stereocenters. The van der Waals surface area contributed by atoms with Gasteiger partial charge in [0.2, 0.25) is 9.84 Å². The van der Waals surface area contributed by atoms with E-state index in [2.05, 4.69) is 0 Å². The average Bonchev–Trinajstić information content (AvgIpc) is 2.35. The zero-order valence-electron chi connectivity index (χ0n) is 10.4. The molecule has 0 aliphatic heterocycles. The van der Waals surface area contributed by atoms with Crippen LogP contribution in [0.2, 0.25) is 0 Å². The molecule has 0 saturated carbocycles. The van der Waals surface area contributed by atoms with Gasteiger partial charge in [-0.3, -0.25) is 0 Å². The van der Waals surface area contributed by atoms with Crippen molar-refractivity contribution in [2.24, 2.45) is 0 Å². The fourth-order valence-corrected chi connectivity index (χ4v) is 3.60. The first kappa shape index (κ1) is 13.7. The summed E-state index contributed by atoms with van der Waals surface area (Å²) in [6, 6.07) is 7.05. The number of aryl methyl sites for hydroxylation is 2. The fourth-order valence-electron chi connectivity index (χ4n) is 1.85. The van der Waals surface area contributed by atoms with Gasteiger partial charge in [0.25, 0.3) is 0 Å². The second kappa shape index (κ2) is 4.74. The standard InChI is InChI=1S/C14H12F2O2S/c1-9-3-5-11(15)7-13(9)19(17,18)14-8-12(16)6-4-10(14)2/h3-8H,1-2H3. The molecule has 0 amide bonds. The number of sulfone groups is 1. The summed E-state index contributed by atoms with van der Waals surface area (Å²) in [6.45, 7) is 3.14. The Kier molecular flexibility index (Phi) is 3.41. The maximum atomic E-state index is 13.2.